The van der Waals surface area contributed by atoms with Crippen molar-refractivity contribution < 1.29 is 9.36 Å². The highest BCUT2D eigenvalue weighted by molar-refractivity contribution is 5.96. The topological polar surface area (TPSA) is 47.0 Å². The minimum atomic E-state index is -0.0267. The van der Waals surface area contributed by atoms with Gasteiger partial charge in [0.25, 0.3) is 0 Å². The molecule has 0 aliphatic rings. The van der Waals surface area contributed by atoms with Crippen LogP contribution < -0.4 is 10.3 Å². The molecule has 0 amide bonds. The van der Waals surface area contributed by atoms with Crippen molar-refractivity contribution in [1.29, 1.82) is 0 Å². The van der Waals surface area contributed by atoms with Crippen LogP contribution in [-0.2, 0) is 7.05 Å². The number of pyridine rings is 1. The fourth-order valence-corrected chi connectivity index (χ4v) is 0.871. The molecule has 58 valence electrons. The van der Waals surface area contributed by atoms with E-state index >= 15 is 0 Å². The van der Waals surface area contributed by atoms with Gasteiger partial charge in [0, 0.05) is 6.07 Å². The first-order chi connectivity index (χ1) is 5.24. The van der Waals surface area contributed by atoms with Crippen LogP contribution in [0.2, 0.25) is 0 Å². The molecule has 0 spiro atoms. The van der Waals surface area contributed by atoms with Crippen LogP contribution in [-0.4, -0.2) is 12.3 Å². The van der Waals surface area contributed by atoms with E-state index in [0.29, 0.717) is 5.56 Å². The zero-order chi connectivity index (χ0) is 8.27. The number of carbonyl (C=O) groups is 1. The van der Waals surface area contributed by atoms with E-state index in [9.17, 15) is 4.79 Å². The Morgan fingerprint density at radius 1 is 1.73 bits per heavy atom. The van der Waals surface area contributed by atoms with Crippen molar-refractivity contribution in [1.82, 2.24) is 0 Å². The number of rotatable bonds is 2. The lowest BCUT2D eigenvalue weighted by atomic mass is 10.2. The maximum atomic E-state index is 11.0. The van der Waals surface area contributed by atoms with Crippen molar-refractivity contribution in [3.05, 3.63) is 30.1 Å². The van der Waals surface area contributed by atoms with Crippen LogP contribution in [0.15, 0.2) is 24.5 Å². The van der Waals surface area contributed by atoms with Crippen molar-refractivity contribution in [3.8, 4) is 0 Å². The molecule has 0 saturated carbocycles. The molecule has 0 fully saturated rings. The normalized spacial score (nSPS) is 9.64. The van der Waals surface area contributed by atoms with Crippen LogP contribution in [0.1, 0.15) is 10.4 Å². The first kappa shape index (κ1) is 7.88. The van der Waals surface area contributed by atoms with E-state index in [0.717, 1.165) is 0 Å². The number of carbonyl (C=O) groups excluding carboxylic acids is 1. The van der Waals surface area contributed by atoms with Crippen molar-refractivity contribution in [3.63, 3.8) is 0 Å². The average molecular weight is 151 g/mol. The van der Waals surface area contributed by atoms with Gasteiger partial charge in [0.05, 0.1) is 12.1 Å². The monoisotopic (exact) mass is 151 g/mol. The summed E-state index contributed by atoms with van der Waals surface area (Å²) in [6.45, 7) is 0.0734. The molecular formula is C8H11N2O+. The summed E-state index contributed by atoms with van der Waals surface area (Å²) in [5.74, 6) is -0.0267. The number of nitrogens with zero attached hydrogens (tertiary/aromatic N) is 1. The molecule has 1 aromatic heterocycles. The highest BCUT2D eigenvalue weighted by Gasteiger charge is 2.05. The summed E-state index contributed by atoms with van der Waals surface area (Å²) in [6.07, 6.45) is 3.63. The number of hydrogen-bond donors (Lipinski definition) is 1. The summed E-state index contributed by atoms with van der Waals surface area (Å²) in [4.78, 5) is 11.0. The second-order valence-electron chi connectivity index (χ2n) is 2.39. The Balaban J connectivity index is 2.96. The van der Waals surface area contributed by atoms with Gasteiger partial charge in [-0.2, -0.15) is 0 Å². The molecule has 3 nitrogen and oxygen atoms in total. The van der Waals surface area contributed by atoms with E-state index in [1.54, 1.807) is 12.3 Å². The van der Waals surface area contributed by atoms with Gasteiger partial charge in [0.2, 0.25) is 0 Å². The summed E-state index contributed by atoms with van der Waals surface area (Å²) >= 11 is 0. The molecule has 0 aromatic carbocycles. The quantitative estimate of drug-likeness (QED) is 0.464. The molecule has 1 rings (SSSR count). The molecule has 0 atom stereocenters. The first-order valence-electron chi connectivity index (χ1n) is 3.42. The standard InChI is InChI=1S/C8H11N2O/c1-10-4-2-3-7(6-10)8(11)5-9/h2-4,6H,5,9H2,1H3/q+1. The molecule has 3 heteroatoms. The number of nitrogens with two attached hydrogens (primary N) is 1. The average Bonchev–Trinajstić information content (AvgIpc) is 2.03. The molecule has 0 saturated heterocycles. The second-order valence-corrected chi connectivity index (χ2v) is 2.39. The SMILES string of the molecule is C[n+]1cccc(C(=O)CN)c1. The predicted molar refractivity (Wildman–Crippen MR) is 41.0 cm³/mol. The van der Waals surface area contributed by atoms with Gasteiger partial charge in [-0.3, -0.25) is 4.79 Å². The third kappa shape index (κ3) is 1.85. The summed E-state index contributed by atoms with van der Waals surface area (Å²) in [6, 6.07) is 3.58. The van der Waals surface area contributed by atoms with Gasteiger partial charge in [0.15, 0.2) is 18.2 Å². The van der Waals surface area contributed by atoms with Gasteiger partial charge < -0.3 is 5.73 Å². The predicted octanol–water partition coefficient (Wildman–Crippen LogP) is -0.348. The van der Waals surface area contributed by atoms with Crippen LogP contribution in [0, 0.1) is 0 Å². The Morgan fingerprint density at radius 3 is 3.00 bits per heavy atom. The van der Waals surface area contributed by atoms with Gasteiger partial charge in [-0.15, -0.1) is 0 Å². The van der Waals surface area contributed by atoms with E-state index in [1.807, 2.05) is 23.9 Å². The number of ketones is 1. The lowest BCUT2D eigenvalue weighted by Gasteiger charge is -1.93. The molecule has 0 radical (unpaired) electrons. The van der Waals surface area contributed by atoms with E-state index in [-0.39, 0.29) is 12.3 Å². The van der Waals surface area contributed by atoms with Crippen molar-refractivity contribution in [2.24, 2.45) is 12.8 Å². The van der Waals surface area contributed by atoms with E-state index < -0.39 is 0 Å². The summed E-state index contributed by atoms with van der Waals surface area (Å²) in [5, 5.41) is 0. The van der Waals surface area contributed by atoms with Gasteiger partial charge in [-0.1, -0.05) is 0 Å². The maximum Gasteiger partial charge on any atom is 0.182 e. The van der Waals surface area contributed by atoms with Crippen LogP contribution in [0.4, 0.5) is 0 Å². The van der Waals surface area contributed by atoms with Gasteiger partial charge in [-0.05, 0) is 6.07 Å². The molecular weight excluding hydrogens is 140 g/mol. The molecule has 0 aliphatic heterocycles. The van der Waals surface area contributed by atoms with Crippen LogP contribution in [0.5, 0.6) is 0 Å². The lowest BCUT2D eigenvalue weighted by molar-refractivity contribution is -0.671. The number of hydrogen-bond acceptors (Lipinski definition) is 2. The largest absolute Gasteiger partial charge is 0.324 e. The highest BCUT2D eigenvalue weighted by Crippen LogP contribution is 1.93. The Bertz CT molecular complexity index is 271. The Kier molecular flexibility index (Phi) is 2.33. The van der Waals surface area contributed by atoms with Crippen molar-refractivity contribution >= 4 is 5.78 Å². The third-order valence-electron chi connectivity index (χ3n) is 1.45. The molecule has 11 heavy (non-hydrogen) atoms. The van der Waals surface area contributed by atoms with E-state index in [4.69, 9.17) is 5.73 Å². The zero-order valence-corrected chi connectivity index (χ0v) is 6.45. The van der Waals surface area contributed by atoms with Crippen LogP contribution in [0.3, 0.4) is 0 Å². The van der Waals surface area contributed by atoms with Gasteiger partial charge in [-0.25, -0.2) is 4.57 Å². The highest BCUT2D eigenvalue weighted by atomic mass is 16.1. The molecule has 1 heterocycles. The molecule has 1 aromatic rings. The summed E-state index contributed by atoms with van der Waals surface area (Å²) < 4.78 is 1.82. The second kappa shape index (κ2) is 3.25. The number of aromatic nitrogens is 1. The third-order valence-corrected chi connectivity index (χ3v) is 1.45. The van der Waals surface area contributed by atoms with E-state index in [1.165, 1.54) is 0 Å². The summed E-state index contributed by atoms with van der Waals surface area (Å²) in [7, 11) is 1.87. The molecule has 0 bridgehead atoms. The minimum absolute atomic E-state index is 0.0267. The van der Waals surface area contributed by atoms with Gasteiger partial charge >= 0.3 is 0 Å². The van der Waals surface area contributed by atoms with Gasteiger partial charge in [0.1, 0.15) is 7.05 Å². The van der Waals surface area contributed by atoms with Crippen molar-refractivity contribution in [2.75, 3.05) is 6.54 Å². The Morgan fingerprint density at radius 2 is 2.45 bits per heavy atom. The lowest BCUT2D eigenvalue weighted by Crippen LogP contribution is -2.28. The molecule has 2 N–H and O–H groups in total. The number of Topliss-reactive ketones (excluding diaryl/α,β-unsaturated/α-hetero) is 1. The van der Waals surface area contributed by atoms with Crippen LogP contribution in [0.25, 0.3) is 0 Å². The number of aryl methyl sites for hydroxylation is 1. The zero-order valence-electron chi connectivity index (χ0n) is 6.45. The molecule has 0 unspecified atom stereocenters. The Labute approximate surface area is 65.5 Å². The van der Waals surface area contributed by atoms with Crippen molar-refractivity contribution in [2.45, 2.75) is 0 Å². The smallest absolute Gasteiger partial charge is 0.182 e. The van der Waals surface area contributed by atoms with E-state index in [2.05, 4.69) is 0 Å². The summed E-state index contributed by atoms with van der Waals surface area (Å²) in [5.41, 5.74) is 5.86. The fourth-order valence-electron chi connectivity index (χ4n) is 0.871. The molecule has 0 aliphatic carbocycles. The minimum Gasteiger partial charge on any atom is -0.324 e. The maximum absolute atomic E-state index is 11.0. The fraction of sp³-hybridized carbons (Fsp3) is 0.250. The first-order valence-corrected chi connectivity index (χ1v) is 3.42. The Hall–Kier alpha value is -1.22. The van der Waals surface area contributed by atoms with Crippen LogP contribution >= 0.6 is 0 Å².